The molecule has 2 aromatic rings. The number of rotatable bonds is 4. The fourth-order valence-corrected chi connectivity index (χ4v) is 2.14. The molecule has 0 radical (unpaired) electrons. The minimum Gasteiger partial charge on any atom is -0.493 e. The first-order valence-corrected chi connectivity index (χ1v) is 6.31. The lowest BCUT2D eigenvalue weighted by Gasteiger charge is -2.13. The van der Waals surface area contributed by atoms with Gasteiger partial charge in [-0.25, -0.2) is 0 Å². The van der Waals surface area contributed by atoms with E-state index in [-0.39, 0.29) is 5.88 Å². The minimum atomic E-state index is -4.21. The standard InChI is InChI=1S/C14H12ClF3O/c15-9-12-11-4-2-1-3-10(11)5-6-13(12)19-8-7-14(16,17)18/h1-6H,7-9H2. The van der Waals surface area contributed by atoms with Crippen molar-refractivity contribution in [3.63, 3.8) is 0 Å². The quantitative estimate of drug-likeness (QED) is 0.726. The fraction of sp³-hybridized carbons (Fsp3) is 0.286. The molecule has 0 aliphatic heterocycles. The molecule has 0 unspecified atom stereocenters. The van der Waals surface area contributed by atoms with Crippen LogP contribution >= 0.6 is 11.6 Å². The van der Waals surface area contributed by atoms with Gasteiger partial charge < -0.3 is 4.74 Å². The molecule has 0 fully saturated rings. The van der Waals surface area contributed by atoms with Crippen molar-refractivity contribution in [3.05, 3.63) is 42.0 Å². The summed E-state index contributed by atoms with van der Waals surface area (Å²) in [5, 5.41) is 1.89. The average molecular weight is 289 g/mol. The predicted molar refractivity (Wildman–Crippen MR) is 69.7 cm³/mol. The zero-order chi connectivity index (χ0) is 13.9. The Morgan fingerprint density at radius 1 is 1.05 bits per heavy atom. The van der Waals surface area contributed by atoms with E-state index in [1.165, 1.54) is 0 Å². The molecular formula is C14H12ClF3O. The average Bonchev–Trinajstić information content (AvgIpc) is 2.37. The van der Waals surface area contributed by atoms with Gasteiger partial charge in [-0.15, -0.1) is 11.6 Å². The fourth-order valence-electron chi connectivity index (χ4n) is 1.87. The van der Waals surface area contributed by atoms with E-state index in [1.807, 2.05) is 30.3 Å². The molecule has 0 saturated carbocycles. The Balaban J connectivity index is 2.23. The Morgan fingerprint density at radius 3 is 2.47 bits per heavy atom. The molecule has 2 rings (SSSR count). The molecule has 0 aromatic heterocycles. The van der Waals surface area contributed by atoms with Crippen molar-refractivity contribution in [3.8, 4) is 5.75 Å². The Morgan fingerprint density at radius 2 is 1.79 bits per heavy atom. The van der Waals surface area contributed by atoms with E-state index in [0.29, 0.717) is 5.75 Å². The van der Waals surface area contributed by atoms with Gasteiger partial charge in [0, 0.05) is 5.56 Å². The van der Waals surface area contributed by atoms with Gasteiger partial charge in [-0.3, -0.25) is 0 Å². The third-order valence-electron chi connectivity index (χ3n) is 2.77. The van der Waals surface area contributed by atoms with Crippen molar-refractivity contribution < 1.29 is 17.9 Å². The molecule has 0 spiro atoms. The Bertz CT molecular complexity index is 566. The van der Waals surface area contributed by atoms with Gasteiger partial charge >= 0.3 is 6.18 Å². The monoisotopic (exact) mass is 288 g/mol. The van der Waals surface area contributed by atoms with Gasteiger partial charge in [-0.2, -0.15) is 13.2 Å². The number of alkyl halides is 4. The number of ether oxygens (including phenoxy) is 1. The van der Waals surface area contributed by atoms with Gasteiger partial charge in [0.2, 0.25) is 0 Å². The van der Waals surface area contributed by atoms with Crippen LogP contribution in [0.1, 0.15) is 12.0 Å². The normalized spacial score (nSPS) is 11.8. The summed E-state index contributed by atoms with van der Waals surface area (Å²) < 4.78 is 41.5. The molecule has 1 nitrogen and oxygen atoms in total. The highest BCUT2D eigenvalue weighted by Gasteiger charge is 2.27. The molecule has 102 valence electrons. The van der Waals surface area contributed by atoms with Crippen molar-refractivity contribution in [1.29, 1.82) is 0 Å². The molecule has 0 N–H and O–H groups in total. The minimum absolute atomic E-state index is 0.197. The molecule has 0 aliphatic rings. The van der Waals surface area contributed by atoms with E-state index in [4.69, 9.17) is 16.3 Å². The molecule has 19 heavy (non-hydrogen) atoms. The molecular weight excluding hydrogens is 277 g/mol. The first-order chi connectivity index (χ1) is 9.01. The maximum Gasteiger partial charge on any atom is 0.392 e. The smallest absolute Gasteiger partial charge is 0.392 e. The van der Waals surface area contributed by atoms with Crippen LogP contribution in [-0.2, 0) is 5.88 Å². The van der Waals surface area contributed by atoms with Crippen LogP contribution < -0.4 is 4.74 Å². The van der Waals surface area contributed by atoms with Gasteiger partial charge in [0.1, 0.15) is 5.75 Å². The molecule has 5 heteroatoms. The number of benzene rings is 2. The summed E-state index contributed by atoms with van der Waals surface area (Å²) in [6.45, 7) is -0.397. The van der Waals surface area contributed by atoms with Crippen LogP contribution in [0.2, 0.25) is 0 Å². The van der Waals surface area contributed by atoms with E-state index in [2.05, 4.69) is 0 Å². The summed E-state index contributed by atoms with van der Waals surface area (Å²) in [7, 11) is 0. The second-order valence-corrected chi connectivity index (χ2v) is 4.38. The SMILES string of the molecule is FC(F)(F)CCOc1ccc2ccccc2c1CCl. The van der Waals surface area contributed by atoms with Gasteiger partial charge in [0.05, 0.1) is 18.9 Å². The van der Waals surface area contributed by atoms with Crippen molar-refractivity contribution in [2.75, 3.05) is 6.61 Å². The van der Waals surface area contributed by atoms with Gasteiger partial charge in [0.15, 0.2) is 0 Å². The second-order valence-electron chi connectivity index (χ2n) is 4.11. The van der Waals surface area contributed by atoms with Crippen LogP contribution in [0, 0.1) is 0 Å². The Kier molecular flexibility index (Phi) is 4.20. The zero-order valence-electron chi connectivity index (χ0n) is 10.0. The largest absolute Gasteiger partial charge is 0.493 e. The maximum absolute atomic E-state index is 12.1. The molecule has 0 atom stereocenters. The molecule has 0 aliphatic carbocycles. The second kappa shape index (κ2) is 5.70. The lowest BCUT2D eigenvalue weighted by Crippen LogP contribution is -2.13. The molecule has 2 aromatic carbocycles. The Hall–Kier alpha value is -1.42. The summed E-state index contributed by atoms with van der Waals surface area (Å²) in [6.07, 6.45) is -5.18. The van der Waals surface area contributed by atoms with Gasteiger partial charge in [0.25, 0.3) is 0 Å². The number of hydrogen-bond acceptors (Lipinski definition) is 1. The molecule has 0 amide bonds. The molecule has 0 bridgehead atoms. The van der Waals surface area contributed by atoms with Crippen LogP contribution in [0.15, 0.2) is 36.4 Å². The lowest BCUT2D eigenvalue weighted by molar-refractivity contribution is -0.139. The highest BCUT2D eigenvalue weighted by atomic mass is 35.5. The van der Waals surface area contributed by atoms with Crippen molar-refractivity contribution in [2.24, 2.45) is 0 Å². The third kappa shape index (κ3) is 3.53. The molecule has 0 heterocycles. The highest BCUT2D eigenvalue weighted by Crippen LogP contribution is 2.30. The predicted octanol–water partition coefficient (Wildman–Crippen LogP) is 4.91. The van der Waals surface area contributed by atoms with E-state index in [0.717, 1.165) is 16.3 Å². The van der Waals surface area contributed by atoms with Crippen LogP contribution in [0.4, 0.5) is 13.2 Å². The van der Waals surface area contributed by atoms with Crippen molar-refractivity contribution >= 4 is 22.4 Å². The number of halogens is 4. The first-order valence-electron chi connectivity index (χ1n) is 5.77. The van der Waals surface area contributed by atoms with Gasteiger partial charge in [-0.05, 0) is 16.8 Å². The molecule has 0 saturated heterocycles. The van der Waals surface area contributed by atoms with E-state index in [1.54, 1.807) is 6.07 Å². The van der Waals surface area contributed by atoms with Crippen LogP contribution in [-0.4, -0.2) is 12.8 Å². The van der Waals surface area contributed by atoms with Crippen molar-refractivity contribution in [2.45, 2.75) is 18.5 Å². The van der Waals surface area contributed by atoms with Crippen molar-refractivity contribution in [1.82, 2.24) is 0 Å². The Labute approximate surface area is 113 Å². The summed E-state index contributed by atoms with van der Waals surface area (Å²) >= 11 is 5.88. The number of hydrogen-bond donors (Lipinski definition) is 0. The first kappa shape index (κ1) is 14.0. The summed E-state index contributed by atoms with van der Waals surface area (Å²) in [5.74, 6) is 0.612. The topological polar surface area (TPSA) is 9.23 Å². The van der Waals surface area contributed by atoms with Gasteiger partial charge in [-0.1, -0.05) is 30.3 Å². The van der Waals surface area contributed by atoms with Crippen LogP contribution in [0.25, 0.3) is 10.8 Å². The summed E-state index contributed by atoms with van der Waals surface area (Å²) in [5.41, 5.74) is 0.724. The third-order valence-corrected chi connectivity index (χ3v) is 3.04. The van der Waals surface area contributed by atoms with E-state index in [9.17, 15) is 13.2 Å². The van der Waals surface area contributed by atoms with Crippen LogP contribution in [0.5, 0.6) is 5.75 Å². The zero-order valence-corrected chi connectivity index (χ0v) is 10.8. The number of fused-ring (bicyclic) bond motifs is 1. The summed E-state index contributed by atoms with van der Waals surface area (Å²) in [6, 6.07) is 11.0. The lowest BCUT2D eigenvalue weighted by atomic mass is 10.0. The highest BCUT2D eigenvalue weighted by molar-refractivity contribution is 6.18. The van der Waals surface area contributed by atoms with Crippen LogP contribution in [0.3, 0.4) is 0 Å². The van der Waals surface area contributed by atoms with E-state index < -0.39 is 19.2 Å². The maximum atomic E-state index is 12.1. The van der Waals surface area contributed by atoms with E-state index >= 15 is 0 Å². The summed E-state index contributed by atoms with van der Waals surface area (Å²) in [4.78, 5) is 0.